The molecule has 166 valence electrons. The van der Waals surface area contributed by atoms with Crippen LogP contribution in [0.25, 0.3) is 23.0 Å². The monoisotopic (exact) mass is 453 g/mol. The molecule has 1 N–H and O–H groups in total. The molecule has 32 heavy (non-hydrogen) atoms. The summed E-state index contributed by atoms with van der Waals surface area (Å²) in [6.07, 6.45) is 0.535. The standard InChI is InChI=1S/C21H23N7O3S/c1-12-5-7-15(8-6-12)20-24-25-21(31-20)18-16-11-28(10-9-17(16)27(4)26-18)32(29,30)19-13(2)22-23-14(19)3/h5-8H,9-11H2,1-4H3,(H,22,23). The molecule has 11 heteroatoms. The van der Waals surface area contributed by atoms with E-state index in [-0.39, 0.29) is 17.3 Å². The summed E-state index contributed by atoms with van der Waals surface area (Å²) in [5.41, 5.74) is 5.18. The molecule has 4 heterocycles. The Morgan fingerprint density at radius 1 is 1.06 bits per heavy atom. The maximum absolute atomic E-state index is 13.4. The van der Waals surface area contributed by atoms with Crippen molar-refractivity contribution in [2.45, 2.75) is 38.6 Å². The highest BCUT2D eigenvalue weighted by Gasteiger charge is 2.35. The molecule has 0 unspecified atom stereocenters. The van der Waals surface area contributed by atoms with Crippen LogP contribution in [0.15, 0.2) is 33.6 Å². The van der Waals surface area contributed by atoms with Gasteiger partial charge in [0, 0.05) is 43.4 Å². The van der Waals surface area contributed by atoms with Crippen molar-refractivity contribution in [2.24, 2.45) is 7.05 Å². The van der Waals surface area contributed by atoms with Crippen molar-refractivity contribution in [2.75, 3.05) is 6.54 Å². The van der Waals surface area contributed by atoms with Crippen LogP contribution in [-0.4, -0.2) is 49.4 Å². The van der Waals surface area contributed by atoms with E-state index in [9.17, 15) is 8.42 Å². The summed E-state index contributed by atoms with van der Waals surface area (Å²) in [5.74, 6) is 0.664. The van der Waals surface area contributed by atoms with Crippen molar-refractivity contribution in [3.05, 3.63) is 52.5 Å². The molecule has 1 aromatic carbocycles. The SMILES string of the molecule is Cc1ccc(-c2nnc(-c3nn(C)c4c3CN(S(=O)(=O)c3c(C)n[nH]c3C)CC4)o2)cc1. The molecule has 0 aliphatic carbocycles. The summed E-state index contributed by atoms with van der Waals surface area (Å²) in [6, 6.07) is 7.80. The number of aromatic amines is 1. The number of hydrogen-bond acceptors (Lipinski definition) is 7. The Bertz CT molecular complexity index is 1390. The lowest BCUT2D eigenvalue weighted by atomic mass is 10.1. The van der Waals surface area contributed by atoms with Gasteiger partial charge in [-0.05, 0) is 32.9 Å². The van der Waals surface area contributed by atoms with Crippen molar-refractivity contribution >= 4 is 10.0 Å². The molecule has 0 bridgehead atoms. The van der Waals surface area contributed by atoms with E-state index in [4.69, 9.17) is 4.42 Å². The number of nitrogens with zero attached hydrogens (tertiary/aromatic N) is 6. The number of benzene rings is 1. The van der Waals surface area contributed by atoms with Gasteiger partial charge < -0.3 is 4.42 Å². The zero-order valence-corrected chi connectivity index (χ0v) is 19.1. The number of H-pyrrole nitrogens is 1. The maximum Gasteiger partial charge on any atom is 0.268 e. The van der Waals surface area contributed by atoms with Crippen molar-refractivity contribution < 1.29 is 12.8 Å². The van der Waals surface area contributed by atoms with E-state index < -0.39 is 10.0 Å². The lowest BCUT2D eigenvalue weighted by Gasteiger charge is -2.26. The molecular weight excluding hydrogens is 430 g/mol. The predicted molar refractivity (Wildman–Crippen MR) is 116 cm³/mol. The Labute approximate surface area is 185 Å². The zero-order valence-electron chi connectivity index (χ0n) is 18.2. The van der Waals surface area contributed by atoms with Crippen LogP contribution in [0.4, 0.5) is 0 Å². The van der Waals surface area contributed by atoms with Crippen LogP contribution in [0, 0.1) is 20.8 Å². The molecule has 1 aliphatic rings. The summed E-state index contributed by atoms with van der Waals surface area (Å²) in [6.45, 7) is 5.94. The second kappa shape index (κ2) is 7.38. The van der Waals surface area contributed by atoms with Gasteiger partial charge in [0.1, 0.15) is 4.90 Å². The number of aryl methyl sites for hydroxylation is 4. The van der Waals surface area contributed by atoms with Crippen molar-refractivity contribution in [1.82, 2.24) is 34.5 Å². The van der Waals surface area contributed by atoms with Crippen LogP contribution in [0.3, 0.4) is 0 Å². The molecule has 0 saturated carbocycles. The molecule has 5 rings (SSSR count). The first-order valence-corrected chi connectivity index (χ1v) is 11.7. The fraction of sp³-hybridized carbons (Fsp3) is 0.333. The predicted octanol–water partition coefficient (Wildman–Crippen LogP) is 2.53. The second-order valence-electron chi connectivity index (χ2n) is 8.03. The highest BCUT2D eigenvalue weighted by Crippen LogP contribution is 2.33. The first kappa shape index (κ1) is 20.6. The smallest absolute Gasteiger partial charge is 0.268 e. The minimum absolute atomic E-state index is 0.174. The molecule has 0 saturated heterocycles. The molecule has 0 radical (unpaired) electrons. The van der Waals surface area contributed by atoms with Gasteiger partial charge in [-0.2, -0.15) is 14.5 Å². The summed E-state index contributed by atoms with van der Waals surface area (Å²) in [5, 5.41) is 19.8. The molecule has 3 aromatic heterocycles. The molecule has 0 spiro atoms. The fourth-order valence-electron chi connectivity index (χ4n) is 4.13. The third kappa shape index (κ3) is 3.24. The van der Waals surface area contributed by atoms with Gasteiger partial charge in [0.15, 0.2) is 5.69 Å². The molecule has 1 aliphatic heterocycles. The van der Waals surface area contributed by atoms with Gasteiger partial charge in [0.2, 0.25) is 15.9 Å². The topological polar surface area (TPSA) is 123 Å². The van der Waals surface area contributed by atoms with Gasteiger partial charge >= 0.3 is 0 Å². The Balaban J connectivity index is 1.51. The molecule has 0 amide bonds. The second-order valence-corrected chi connectivity index (χ2v) is 9.90. The van der Waals surface area contributed by atoms with Crippen molar-refractivity contribution in [3.63, 3.8) is 0 Å². The van der Waals surface area contributed by atoms with Gasteiger partial charge in [-0.25, -0.2) is 8.42 Å². The van der Waals surface area contributed by atoms with E-state index in [1.807, 2.05) is 38.2 Å². The first-order chi connectivity index (χ1) is 15.3. The molecule has 4 aromatic rings. The van der Waals surface area contributed by atoms with E-state index in [1.54, 1.807) is 18.5 Å². The highest BCUT2D eigenvalue weighted by atomic mass is 32.2. The maximum atomic E-state index is 13.4. The minimum atomic E-state index is -3.72. The normalized spacial score (nSPS) is 14.6. The van der Waals surface area contributed by atoms with Gasteiger partial charge in [-0.3, -0.25) is 9.78 Å². The average molecular weight is 454 g/mol. The quantitative estimate of drug-likeness (QED) is 0.504. The van der Waals surface area contributed by atoms with Crippen LogP contribution in [0.5, 0.6) is 0 Å². The molecule has 10 nitrogen and oxygen atoms in total. The average Bonchev–Trinajstić information content (AvgIpc) is 3.46. The first-order valence-electron chi connectivity index (χ1n) is 10.2. The highest BCUT2D eigenvalue weighted by molar-refractivity contribution is 7.89. The minimum Gasteiger partial charge on any atom is -0.415 e. The molecular formula is C21H23N7O3S. The van der Waals surface area contributed by atoms with Crippen molar-refractivity contribution in [3.8, 4) is 23.0 Å². The van der Waals surface area contributed by atoms with Crippen LogP contribution in [0.2, 0.25) is 0 Å². The van der Waals surface area contributed by atoms with E-state index >= 15 is 0 Å². The summed E-state index contributed by atoms with van der Waals surface area (Å²) >= 11 is 0. The number of aromatic nitrogens is 6. The fourth-order valence-corrected chi connectivity index (χ4v) is 5.87. The Kier molecular flexibility index (Phi) is 4.75. The summed E-state index contributed by atoms with van der Waals surface area (Å²) in [7, 11) is -1.88. The zero-order chi connectivity index (χ0) is 22.6. The van der Waals surface area contributed by atoms with E-state index in [1.165, 1.54) is 4.31 Å². The van der Waals surface area contributed by atoms with Crippen LogP contribution < -0.4 is 0 Å². The Morgan fingerprint density at radius 3 is 2.47 bits per heavy atom. The van der Waals surface area contributed by atoms with E-state index in [0.29, 0.717) is 35.9 Å². The summed E-state index contributed by atoms with van der Waals surface area (Å²) < 4.78 is 35.9. The Morgan fingerprint density at radius 2 is 1.78 bits per heavy atom. The van der Waals surface area contributed by atoms with Gasteiger partial charge in [-0.1, -0.05) is 17.7 Å². The number of nitrogens with one attached hydrogen (secondary N) is 1. The number of sulfonamides is 1. The lowest BCUT2D eigenvalue weighted by molar-refractivity contribution is 0.385. The third-order valence-corrected chi connectivity index (χ3v) is 7.90. The van der Waals surface area contributed by atoms with Crippen LogP contribution in [0.1, 0.15) is 28.2 Å². The number of rotatable bonds is 4. The third-order valence-electron chi connectivity index (χ3n) is 5.79. The van der Waals surface area contributed by atoms with Gasteiger partial charge in [-0.15, -0.1) is 10.2 Å². The molecule has 0 atom stereocenters. The van der Waals surface area contributed by atoms with E-state index in [0.717, 1.165) is 22.4 Å². The number of fused-ring (bicyclic) bond motifs is 1. The Hall–Kier alpha value is -3.31. The van der Waals surface area contributed by atoms with E-state index in [2.05, 4.69) is 25.5 Å². The van der Waals surface area contributed by atoms with Gasteiger partial charge in [0.05, 0.1) is 11.4 Å². The largest absolute Gasteiger partial charge is 0.415 e. The number of hydrogen-bond donors (Lipinski definition) is 1. The molecule has 0 fully saturated rings. The van der Waals surface area contributed by atoms with Gasteiger partial charge in [0.25, 0.3) is 5.89 Å². The van der Waals surface area contributed by atoms with Crippen molar-refractivity contribution in [1.29, 1.82) is 0 Å². The summed E-state index contributed by atoms with van der Waals surface area (Å²) in [4.78, 5) is 0.228. The van der Waals surface area contributed by atoms with Crippen LogP contribution in [-0.2, 0) is 30.0 Å². The lowest BCUT2D eigenvalue weighted by Crippen LogP contribution is -2.36. The van der Waals surface area contributed by atoms with Crippen LogP contribution >= 0.6 is 0 Å².